The van der Waals surface area contributed by atoms with E-state index in [1.807, 2.05) is 17.3 Å². The smallest absolute Gasteiger partial charge is 0.320 e. The lowest BCUT2D eigenvalue weighted by Gasteiger charge is -2.20. The van der Waals surface area contributed by atoms with Gasteiger partial charge in [0, 0.05) is 21.3 Å². The molecule has 84 valence electrons. The SMILES string of the molecule is CC(C(=O)O)N(C)CCc1cc(Br)cs1. The Labute approximate surface area is 102 Å². The first-order valence-electron chi connectivity index (χ1n) is 4.66. The van der Waals surface area contributed by atoms with Crippen LogP contribution in [-0.2, 0) is 11.2 Å². The molecule has 1 rings (SSSR count). The Hall–Kier alpha value is -0.390. The Morgan fingerprint density at radius 3 is 2.87 bits per heavy atom. The summed E-state index contributed by atoms with van der Waals surface area (Å²) in [5.74, 6) is -0.773. The van der Waals surface area contributed by atoms with Gasteiger partial charge in [0.05, 0.1) is 0 Å². The van der Waals surface area contributed by atoms with Crippen molar-refractivity contribution in [1.82, 2.24) is 4.90 Å². The van der Waals surface area contributed by atoms with Crippen LogP contribution >= 0.6 is 27.3 Å². The van der Waals surface area contributed by atoms with Gasteiger partial charge in [-0.3, -0.25) is 9.69 Å². The largest absolute Gasteiger partial charge is 0.480 e. The van der Waals surface area contributed by atoms with Gasteiger partial charge in [-0.25, -0.2) is 0 Å². The summed E-state index contributed by atoms with van der Waals surface area (Å²) in [4.78, 5) is 13.8. The number of aliphatic carboxylic acids is 1. The number of thiophene rings is 1. The van der Waals surface area contributed by atoms with Crippen molar-refractivity contribution in [2.24, 2.45) is 0 Å². The molecule has 0 radical (unpaired) electrons. The first-order chi connectivity index (χ1) is 7.00. The highest BCUT2D eigenvalue weighted by Crippen LogP contribution is 2.20. The van der Waals surface area contributed by atoms with Crippen molar-refractivity contribution in [2.75, 3.05) is 13.6 Å². The minimum atomic E-state index is -0.773. The molecule has 0 aliphatic heterocycles. The summed E-state index contributed by atoms with van der Waals surface area (Å²) in [6.07, 6.45) is 0.893. The maximum Gasteiger partial charge on any atom is 0.320 e. The fourth-order valence-corrected chi connectivity index (χ4v) is 2.60. The van der Waals surface area contributed by atoms with Gasteiger partial charge < -0.3 is 5.11 Å². The minimum absolute atomic E-state index is 0.423. The van der Waals surface area contributed by atoms with Crippen LogP contribution in [0.4, 0.5) is 0 Å². The number of carboxylic acids is 1. The van der Waals surface area contributed by atoms with Gasteiger partial charge in [-0.15, -0.1) is 11.3 Å². The van der Waals surface area contributed by atoms with Crippen molar-refractivity contribution < 1.29 is 9.90 Å². The highest BCUT2D eigenvalue weighted by molar-refractivity contribution is 9.10. The van der Waals surface area contributed by atoms with Crippen molar-refractivity contribution in [2.45, 2.75) is 19.4 Å². The molecule has 5 heteroatoms. The Balaban J connectivity index is 2.40. The third-order valence-corrected chi connectivity index (χ3v) is 4.11. The number of nitrogens with zero attached hydrogens (tertiary/aromatic N) is 1. The van der Waals surface area contributed by atoms with Gasteiger partial charge in [0.1, 0.15) is 6.04 Å². The Morgan fingerprint density at radius 1 is 1.73 bits per heavy atom. The molecule has 15 heavy (non-hydrogen) atoms. The molecule has 1 aromatic heterocycles. The molecule has 0 saturated heterocycles. The van der Waals surface area contributed by atoms with E-state index < -0.39 is 12.0 Å². The van der Waals surface area contributed by atoms with Crippen LogP contribution in [-0.4, -0.2) is 35.6 Å². The van der Waals surface area contributed by atoms with Crippen molar-refractivity contribution >= 4 is 33.2 Å². The zero-order chi connectivity index (χ0) is 11.4. The Bertz CT molecular complexity index is 340. The number of hydrogen-bond donors (Lipinski definition) is 1. The molecule has 0 aliphatic rings. The molecule has 1 aromatic rings. The van der Waals surface area contributed by atoms with E-state index in [0.717, 1.165) is 17.4 Å². The van der Waals surface area contributed by atoms with Gasteiger partial charge in [-0.05, 0) is 42.4 Å². The molecule has 3 nitrogen and oxygen atoms in total. The van der Waals surface area contributed by atoms with E-state index in [1.165, 1.54) is 4.88 Å². The summed E-state index contributed by atoms with van der Waals surface area (Å²) in [6.45, 7) is 2.47. The number of carbonyl (C=O) groups is 1. The average molecular weight is 292 g/mol. The molecule has 1 atom stereocenters. The maximum absolute atomic E-state index is 10.7. The topological polar surface area (TPSA) is 40.5 Å². The van der Waals surface area contributed by atoms with E-state index in [0.29, 0.717) is 0 Å². The van der Waals surface area contributed by atoms with Gasteiger partial charge in [0.15, 0.2) is 0 Å². The van der Waals surface area contributed by atoms with Gasteiger partial charge in [-0.1, -0.05) is 0 Å². The van der Waals surface area contributed by atoms with Crippen LogP contribution < -0.4 is 0 Å². The first-order valence-corrected chi connectivity index (χ1v) is 6.34. The summed E-state index contributed by atoms with van der Waals surface area (Å²) >= 11 is 5.08. The minimum Gasteiger partial charge on any atom is -0.480 e. The molecular formula is C10H14BrNO2S. The lowest BCUT2D eigenvalue weighted by Crippen LogP contribution is -2.36. The molecule has 0 spiro atoms. The zero-order valence-electron chi connectivity index (χ0n) is 8.74. The molecule has 0 amide bonds. The normalized spacial score (nSPS) is 13.1. The fraction of sp³-hybridized carbons (Fsp3) is 0.500. The Kier molecular flexibility index (Phi) is 4.76. The summed E-state index contributed by atoms with van der Waals surface area (Å²) in [5, 5.41) is 10.8. The second-order valence-corrected chi connectivity index (χ2v) is 5.39. The molecule has 0 aromatic carbocycles. The second kappa shape index (κ2) is 5.63. The zero-order valence-corrected chi connectivity index (χ0v) is 11.1. The molecule has 0 saturated carbocycles. The number of halogens is 1. The summed E-state index contributed by atoms with van der Waals surface area (Å²) in [6, 6.07) is 1.65. The van der Waals surface area contributed by atoms with Crippen molar-refractivity contribution in [3.63, 3.8) is 0 Å². The van der Waals surface area contributed by atoms with Crippen LogP contribution in [0.1, 0.15) is 11.8 Å². The second-order valence-electron chi connectivity index (χ2n) is 3.48. The lowest BCUT2D eigenvalue weighted by molar-refractivity contribution is -0.142. The first kappa shape index (κ1) is 12.7. The monoisotopic (exact) mass is 291 g/mol. The van der Waals surface area contributed by atoms with Crippen LogP contribution in [0.25, 0.3) is 0 Å². The van der Waals surface area contributed by atoms with Crippen molar-refractivity contribution in [3.05, 3.63) is 20.8 Å². The van der Waals surface area contributed by atoms with E-state index in [9.17, 15) is 4.79 Å². The highest BCUT2D eigenvalue weighted by Gasteiger charge is 2.16. The lowest BCUT2D eigenvalue weighted by atomic mass is 10.2. The van der Waals surface area contributed by atoms with Crippen LogP contribution in [0, 0.1) is 0 Å². The molecule has 0 aliphatic carbocycles. The van der Waals surface area contributed by atoms with Gasteiger partial charge in [0.25, 0.3) is 0 Å². The van der Waals surface area contributed by atoms with Crippen LogP contribution in [0.2, 0.25) is 0 Å². The predicted octanol–water partition coefficient (Wildman–Crippen LogP) is 2.46. The van der Waals surface area contributed by atoms with Crippen molar-refractivity contribution in [3.8, 4) is 0 Å². The van der Waals surface area contributed by atoms with Crippen LogP contribution in [0.5, 0.6) is 0 Å². The van der Waals surface area contributed by atoms with Crippen LogP contribution in [0.3, 0.4) is 0 Å². The molecule has 0 bridgehead atoms. The standard InChI is InChI=1S/C10H14BrNO2S/c1-7(10(13)14)12(2)4-3-9-5-8(11)6-15-9/h5-7H,3-4H2,1-2H3,(H,13,14). The summed E-state index contributed by atoms with van der Waals surface area (Å²) < 4.78 is 1.09. The van der Waals surface area contributed by atoms with E-state index in [-0.39, 0.29) is 0 Å². The summed E-state index contributed by atoms with van der Waals surface area (Å²) in [5.41, 5.74) is 0. The van der Waals surface area contributed by atoms with Gasteiger partial charge in [0.2, 0.25) is 0 Å². The molecule has 1 unspecified atom stereocenters. The third-order valence-electron chi connectivity index (χ3n) is 2.35. The maximum atomic E-state index is 10.7. The van der Waals surface area contributed by atoms with Gasteiger partial charge in [-0.2, -0.15) is 0 Å². The van der Waals surface area contributed by atoms with E-state index in [2.05, 4.69) is 22.0 Å². The number of rotatable bonds is 5. The average Bonchev–Trinajstić information content (AvgIpc) is 2.59. The molecule has 1 N–H and O–H groups in total. The van der Waals surface area contributed by atoms with E-state index in [1.54, 1.807) is 18.3 Å². The predicted molar refractivity (Wildman–Crippen MR) is 65.5 cm³/mol. The molecule has 1 heterocycles. The summed E-state index contributed by atoms with van der Waals surface area (Å²) in [7, 11) is 1.83. The number of likely N-dealkylation sites (N-methyl/N-ethyl adjacent to an activating group) is 1. The highest BCUT2D eigenvalue weighted by atomic mass is 79.9. The molecule has 0 fully saturated rings. The third kappa shape index (κ3) is 3.93. The Morgan fingerprint density at radius 2 is 2.40 bits per heavy atom. The number of hydrogen-bond acceptors (Lipinski definition) is 3. The van der Waals surface area contributed by atoms with Crippen molar-refractivity contribution in [1.29, 1.82) is 0 Å². The molecular weight excluding hydrogens is 278 g/mol. The van der Waals surface area contributed by atoms with E-state index in [4.69, 9.17) is 5.11 Å². The quantitative estimate of drug-likeness (QED) is 0.906. The number of carboxylic acid groups (broad SMARTS) is 1. The van der Waals surface area contributed by atoms with Crippen LogP contribution in [0.15, 0.2) is 15.9 Å². The van der Waals surface area contributed by atoms with Gasteiger partial charge >= 0.3 is 5.97 Å². The fourth-order valence-electron chi connectivity index (χ4n) is 1.15. The van der Waals surface area contributed by atoms with E-state index >= 15 is 0 Å².